The van der Waals surface area contributed by atoms with Crippen molar-refractivity contribution in [2.45, 2.75) is 167 Å². The summed E-state index contributed by atoms with van der Waals surface area (Å²) < 4.78 is 2.54. The topological polar surface area (TPSA) is 19.7 Å². The van der Waals surface area contributed by atoms with Gasteiger partial charge in [-0.2, -0.15) is 0 Å². The second-order valence-corrected chi connectivity index (χ2v) is 13.5. The smallest absolute Gasteiger partial charge is 0.247 e. The highest BCUT2D eigenvalue weighted by molar-refractivity contribution is 5.32. The third-order valence-corrected chi connectivity index (χ3v) is 9.82. The van der Waals surface area contributed by atoms with Crippen LogP contribution in [0.2, 0.25) is 0 Å². The van der Waals surface area contributed by atoms with E-state index in [1.807, 2.05) is 0 Å². The molecule has 0 saturated carbocycles. The molecule has 2 unspecified atom stereocenters. The molecular formula is C41H65N2+. The number of unbranched alkanes of at least 4 members (excludes halogenated alkanes) is 16. The standard InChI is InChI=1S/C41H64N2/c1-4-6-7-8-9-10-11-12-13-14-15-16-17-18-19-20-27-34-43-35-33-42-40(43)39(28-5-2)41(3,38-31-25-22-26-32-38)36-37-29-23-21-24-30-37/h21-26,29-33,35,39H,4-20,27-28,34,36H2,1-3H3/p+1. The molecule has 0 aliphatic rings. The number of aromatic amines is 1. The average Bonchev–Trinajstić information content (AvgIpc) is 3.50. The second-order valence-electron chi connectivity index (χ2n) is 13.5. The molecule has 0 saturated heterocycles. The van der Waals surface area contributed by atoms with Gasteiger partial charge in [0.15, 0.2) is 0 Å². The minimum Gasteiger partial charge on any atom is -0.247 e. The molecule has 0 bridgehead atoms. The van der Waals surface area contributed by atoms with E-state index >= 15 is 0 Å². The first-order chi connectivity index (χ1) is 21.2. The highest BCUT2D eigenvalue weighted by atomic mass is 15.1. The van der Waals surface area contributed by atoms with Crippen LogP contribution in [0.3, 0.4) is 0 Å². The molecule has 0 aliphatic carbocycles. The predicted octanol–water partition coefficient (Wildman–Crippen LogP) is 12.0. The van der Waals surface area contributed by atoms with Gasteiger partial charge in [-0.1, -0.05) is 184 Å². The van der Waals surface area contributed by atoms with Crippen molar-refractivity contribution in [2.24, 2.45) is 0 Å². The van der Waals surface area contributed by atoms with E-state index in [0.29, 0.717) is 5.92 Å². The van der Waals surface area contributed by atoms with Crippen LogP contribution in [0.5, 0.6) is 0 Å². The second kappa shape index (κ2) is 21.4. The Balaban J connectivity index is 1.40. The zero-order chi connectivity index (χ0) is 30.4. The van der Waals surface area contributed by atoms with Gasteiger partial charge in [0, 0.05) is 5.41 Å². The highest BCUT2D eigenvalue weighted by Crippen LogP contribution is 2.43. The molecule has 2 heteroatoms. The van der Waals surface area contributed by atoms with E-state index in [-0.39, 0.29) is 5.41 Å². The van der Waals surface area contributed by atoms with Crippen molar-refractivity contribution in [3.05, 3.63) is 90.0 Å². The molecular weight excluding hydrogens is 520 g/mol. The van der Waals surface area contributed by atoms with Crippen LogP contribution in [-0.4, -0.2) is 4.98 Å². The molecule has 238 valence electrons. The zero-order valence-electron chi connectivity index (χ0n) is 28.3. The molecule has 0 radical (unpaired) electrons. The summed E-state index contributed by atoms with van der Waals surface area (Å²) in [4.78, 5) is 3.72. The Labute approximate surface area is 266 Å². The summed E-state index contributed by atoms with van der Waals surface area (Å²) >= 11 is 0. The van der Waals surface area contributed by atoms with Gasteiger partial charge in [-0.3, -0.25) is 0 Å². The fourth-order valence-electron chi connectivity index (χ4n) is 7.19. The monoisotopic (exact) mass is 586 g/mol. The minimum atomic E-state index is 0.0134. The Morgan fingerprint density at radius 1 is 0.605 bits per heavy atom. The number of hydrogen-bond donors (Lipinski definition) is 1. The van der Waals surface area contributed by atoms with Gasteiger partial charge in [-0.05, 0) is 36.8 Å². The first-order valence-corrected chi connectivity index (χ1v) is 18.3. The van der Waals surface area contributed by atoms with Crippen LogP contribution in [0.4, 0.5) is 0 Å². The van der Waals surface area contributed by atoms with E-state index in [4.69, 9.17) is 0 Å². The summed E-state index contributed by atoms with van der Waals surface area (Å²) in [5.41, 5.74) is 2.87. The fourth-order valence-corrected chi connectivity index (χ4v) is 7.19. The van der Waals surface area contributed by atoms with Crippen molar-refractivity contribution in [1.29, 1.82) is 0 Å². The quantitative estimate of drug-likeness (QED) is 0.0753. The SMILES string of the molecule is CCCCCCCCCCCCCCCCCCC[n+]1cc[nH]c1C(CCC)C(C)(Cc1ccccc1)c1ccccc1. The summed E-state index contributed by atoms with van der Waals surface area (Å²) in [7, 11) is 0. The molecule has 2 atom stereocenters. The number of aryl methyl sites for hydroxylation is 1. The van der Waals surface area contributed by atoms with Crippen molar-refractivity contribution in [1.82, 2.24) is 4.98 Å². The molecule has 2 aromatic carbocycles. The molecule has 2 nitrogen and oxygen atoms in total. The zero-order valence-corrected chi connectivity index (χ0v) is 28.3. The Morgan fingerprint density at radius 3 is 1.60 bits per heavy atom. The van der Waals surface area contributed by atoms with Crippen LogP contribution < -0.4 is 4.57 Å². The van der Waals surface area contributed by atoms with E-state index in [9.17, 15) is 0 Å². The molecule has 1 aromatic heterocycles. The first kappa shape index (κ1) is 35.1. The molecule has 0 spiro atoms. The lowest BCUT2D eigenvalue weighted by Gasteiger charge is -2.37. The third-order valence-electron chi connectivity index (χ3n) is 9.82. The maximum atomic E-state index is 3.72. The molecule has 3 rings (SSSR count). The van der Waals surface area contributed by atoms with E-state index in [1.54, 1.807) is 0 Å². The minimum absolute atomic E-state index is 0.0134. The predicted molar refractivity (Wildman–Crippen MR) is 187 cm³/mol. The van der Waals surface area contributed by atoms with Crippen LogP contribution in [-0.2, 0) is 18.4 Å². The lowest BCUT2D eigenvalue weighted by molar-refractivity contribution is -0.705. The number of rotatable bonds is 25. The lowest BCUT2D eigenvalue weighted by Crippen LogP contribution is -2.43. The molecule has 0 fully saturated rings. The first-order valence-electron chi connectivity index (χ1n) is 18.3. The van der Waals surface area contributed by atoms with Crippen molar-refractivity contribution in [3.8, 4) is 0 Å². The normalized spacial score (nSPS) is 13.7. The lowest BCUT2D eigenvalue weighted by atomic mass is 9.66. The molecule has 0 amide bonds. The van der Waals surface area contributed by atoms with E-state index in [0.717, 1.165) is 13.0 Å². The van der Waals surface area contributed by atoms with Gasteiger partial charge < -0.3 is 0 Å². The number of hydrogen-bond acceptors (Lipinski definition) is 0. The molecule has 0 aliphatic heterocycles. The van der Waals surface area contributed by atoms with Gasteiger partial charge in [0.25, 0.3) is 5.82 Å². The van der Waals surface area contributed by atoms with Gasteiger partial charge in [0.1, 0.15) is 12.4 Å². The average molecular weight is 586 g/mol. The summed E-state index contributed by atoms with van der Waals surface area (Å²) in [6.45, 7) is 8.26. The van der Waals surface area contributed by atoms with Crippen molar-refractivity contribution >= 4 is 0 Å². The maximum absolute atomic E-state index is 3.72. The summed E-state index contributed by atoms with van der Waals surface area (Å²) in [6, 6.07) is 22.3. The van der Waals surface area contributed by atoms with Crippen molar-refractivity contribution in [2.75, 3.05) is 0 Å². The van der Waals surface area contributed by atoms with Crippen LogP contribution in [0.25, 0.3) is 0 Å². The summed E-state index contributed by atoms with van der Waals surface area (Å²) in [6.07, 6.45) is 32.0. The number of imidazole rings is 1. The van der Waals surface area contributed by atoms with Crippen LogP contribution in [0.1, 0.15) is 166 Å². The van der Waals surface area contributed by atoms with E-state index in [1.165, 1.54) is 139 Å². The van der Waals surface area contributed by atoms with Gasteiger partial charge in [0.2, 0.25) is 0 Å². The van der Waals surface area contributed by atoms with E-state index in [2.05, 4.69) is 103 Å². The van der Waals surface area contributed by atoms with Gasteiger partial charge in [-0.25, -0.2) is 9.55 Å². The number of benzene rings is 2. The van der Waals surface area contributed by atoms with E-state index < -0.39 is 0 Å². The van der Waals surface area contributed by atoms with Crippen LogP contribution in [0, 0.1) is 0 Å². The number of nitrogens with zero attached hydrogens (tertiary/aromatic N) is 1. The Morgan fingerprint density at radius 2 is 1.09 bits per heavy atom. The summed E-state index contributed by atoms with van der Waals surface area (Å²) in [5, 5.41) is 0. The van der Waals surface area contributed by atoms with Crippen molar-refractivity contribution in [3.63, 3.8) is 0 Å². The number of H-pyrrole nitrogens is 1. The molecule has 43 heavy (non-hydrogen) atoms. The van der Waals surface area contributed by atoms with Crippen molar-refractivity contribution < 1.29 is 4.57 Å². The number of nitrogens with one attached hydrogen (secondary N) is 1. The van der Waals surface area contributed by atoms with Gasteiger partial charge in [-0.15, -0.1) is 0 Å². The third kappa shape index (κ3) is 12.7. The molecule has 3 aromatic rings. The van der Waals surface area contributed by atoms with Crippen LogP contribution >= 0.6 is 0 Å². The number of aromatic nitrogens is 2. The molecule has 1 heterocycles. The Bertz CT molecular complexity index is 1060. The Hall–Kier alpha value is -2.35. The van der Waals surface area contributed by atoms with Crippen LogP contribution in [0.15, 0.2) is 73.1 Å². The fraction of sp³-hybridized carbons (Fsp3) is 0.634. The van der Waals surface area contributed by atoms with Gasteiger partial charge >= 0.3 is 0 Å². The largest absolute Gasteiger partial charge is 0.258 e. The maximum Gasteiger partial charge on any atom is 0.258 e. The summed E-state index contributed by atoms with van der Waals surface area (Å²) in [5.74, 6) is 1.83. The van der Waals surface area contributed by atoms with Gasteiger partial charge in [0.05, 0.1) is 12.5 Å². The molecule has 1 N–H and O–H groups in total. The Kier molecular flexibility index (Phi) is 17.5. The highest BCUT2D eigenvalue weighted by Gasteiger charge is 2.41.